The maximum absolute atomic E-state index is 14.0. The minimum Gasteiger partial charge on any atom is -0.493 e. The Bertz CT molecular complexity index is 2290. The number of aryl methyl sites for hydroxylation is 2. The summed E-state index contributed by atoms with van der Waals surface area (Å²) in [6.45, 7) is 11.7. The maximum Gasteiger partial charge on any atom is 0.416 e. The number of aliphatic hydroxyl groups excluding tert-OH is 2. The Morgan fingerprint density at radius 3 is 1.79 bits per heavy atom. The zero-order valence-corrected chi connectivity index (χ0v) is 35.8. The first-order valence-electron chi connectivity index (χ1n) is 20.9. The number of ether oxygens (including phenoxy) is 5. The zero-order chi connectivity index (χ0) is 44.2. The fourth-order valence-electron chi connectivity index (χ4n) is 8.29. The number of methoxy groups -OCH3 is 1. The molecule has 0 unspecified atom stereocenters. The molecule has 0 bridgehead atoms. The predicted molar refractivity (Wildman–Crippen MR) is 230 cm³/mol. The van der Waals surface area contributed by atoms with Gasteiger partial charge in [0.05, 0.1) is 54.9 Å². The van der Waals surface area contributed by atoms with Gasteiger partial charge in [0.15, 0.2) is 24.0 Å². The van der Waals surface area contributed by atoms with Crippen molar-refractivity contribution in [3.05, 3.63) is 113 Å². The van der Waals surface area contributed by atoms with Gasteiger partial charge in [0.2, 0.25) is 0 Å². The van der Waals surface area contributed by atoms with Gasteiger partial charge in [0.1, 0.15) is 19.0 Å². The van der Waals surface area contributed by atoms with E-state index in [1.807, 2.05) is 45.0 Å². The van der Waals surface area contributed by atoms with Gasteiger partial charge in [-0.2, -0.15) is 0 Å². The quantitative estimate of drug-likeness (QED) is 0.123. The number of benzene rings is 3. The summed E-state index contributed by atoms with van der Waals surface area (Å²) in [4.78, 5) is 60.0. The fourth-order valence-corrected chi connectivity index (χ4v) is 8.29. The lowest BCUT2D eigenvalue weighted by Crippen LogP contribution is -2.50. The largest absolute Gasteiger partial charge is 0.493 e. The summed E-state index contributed by atoms with van der Waals surface area (Å²) in [6, 6.07) is 12.7. The molecule has 2 N–H and O–H groups in total. The molecule has 0 spiro atoms. The van der Waals surface area contributed by atoms with E-state index in [0.717, 1.165) is 38.5 Å². The Balaban J connectivity index is 1.02. The molecule has 7 rings (SSSR count). The Kier molecular flexibility index (Phi) is 13.2. The molecular weight excluding hydrogens is 797 g/mol. The van der Waals surface area contributed by atoms with Gasteiger partial charge in [-0.3, -0.25) is 9.59 Å². The third-order valence-electron chi connectivity index (χ3n) is 11.6. The van der Waals surface area contributed by atoms with Crippen molar-refractivity contribution >= 4 is 35.4 Å². The van der Waals surface area contributed by atoms with E-state index in [4.69, 9.17) is 23.7 Å². The molecule has 4 aliphatic heterocycles. The van der Waals surface area contributed by atoms with E-state index in [0.29, 0.717) is 50.0 Å². The first-order chi connectivity index (χ1) is 29.8. The topological polar surface area (TPSA) is 168 Å². The number of rotatable bonds is 14. The Hall–Kier alpha value is -6.32. The van der Waals surface area contributed by atoms with E-state index in [-0.39, 0.29) is 59.7 Å². The maximum atomic E-state index is 14.0. The Morgan fingerprint density at radius 1 is 0.726 bits per heavy atom. The highest BCUT2D eigenvalue weighted by molar-refractivity contribution is 6.07. The molecule has 0 saturated carbocycles. The van der Waals surface area contributed by atoms with E-state index in [2.05, 4.69) is 13.5 Å². The minimum atomic E-state index is -1.41. The monoisotopic (exact) mass is 850 g/mol. The number of carbonyl (C=O) groups is 4. The van der Waals surface area contributed by atoms with Crippen LogP contribution < -0.4 is 24.0 Å². The molecule has 15 nitrogen and oxygen atoms in total. The van der Waals surface area contributed by atoms with Crippen LogP contribution in [-0.4, -0.2) is 95.5 Å². The van der Waals surface area contributed by atoms with Gasteiger partial charge >= 0.3 is 12.2 Å². The number of amides is 4. The number of fused-ring (bicyclic) bond motifs is 4. The second kappa shape index (κ2) is 18.7. The number of anilines is 2. The van der Waals surface area contributed by atoms with Gasteiger partial charge in [-0.15, -0.1) is 0 Å². The third kappa shape index (κ3) is 8.72. The second-order valence-electron chi connectivity index (χ2n) is 16.0. The molecule has 62 heavy (non-hydrogen) atoms. The molecule has 0 radical (unpaired) electrons. The summed E-state index contributed by atoms with van der Waals surface area (Å²) in [5.41, 5.74) is 5.14. The van der Waals surface area contributed by atoms with Crippen LogP contribution in [0.3, 0.4) is 0 Å². The van der Waals surface area contributed by atoms with Crippen LogP contribution in [0.25, 0.3) is 0 Å². The van der Waals surface area contributed by atoms with Crippen molar-refractivity contribution in [2.24, 2.45) is 0 Å². The van der Waals surface area contributed by atoms with Gasteiger partial charge in [0.25, 0.3) is 11.8 Å². The molecule has 0 fully saturated rings. The highest BCUT2D eigenvalue weighted by Gasteiger charge is 2.46. The van der Waals surface area contributed by atoms with Crippen LogP contribution >= 0.6 is 0 Å². The Labute approximate surface area is 361 Å². The van der Waals surface area contributed by atoms with Gasteiger partial charge in [0, 0.05) is 24.5 Å². The first kappa shape index (κ1) is 43.8. The molecule has 4 atom stereocenters. The standard InChI is InChI=1S/C47H54N4O11/c1-7-16-61-46(56)50-35-23-39(30(5)21-33(35)42(52)48-25-28(3)19-37(48)44(50)54)59-17-10-9-11-18-60-41-24-36-34(22-40(41)58-6)43(53)49-26-29(4)20-38(49)45(55)51(36)47(57)62-27-32-14-12-31(8-2)13-15-32/h7,12-15,21-26,37-38,44-45,54-55H,1,8-11,16-20,27H2,2-6H3/t37-,38-,44-,45-/m0/s1. The third-order valence-corrected chi connectivity index (χ3v) is 11.6. The average molecular weight is 851 g/mol. The normalized spacial score (nSPS) is 20.2. The number of nitrogens with zero attached hydrogens (tertiary/aromatic N) is 4. The van der Waals surface area contributed by atoms with Gasteiger partial charge in [-0.1, -0.05) is 55.0 Å². The van der Waals surface area contributed by atoms with Crippen LogP contribution in [0.15, 0.2) is 84.7 Å². The van der Waals surface area contributed by atoms with E-state index < -0.39 is 42.6 Å². The number of hydrogen-bond acceptors (Lipinski definition) is 11. The lowest BCUT2D eigenvalue weighted by Gasteiger charge is -2.31. The molecule has 15 heteroatoms. The van der Waals surface area contributed by atoms with E-state index in [1.165, 1.54) is 35.1 Å². The smallest absolute Gasteiger partial charge is 0.416 e. The molecule has 4 amide bonds. The molecule has 0 aromatic heterocycles. The lowest BCUT2D eigenvalue weighted by atomic mass is 10.1. The van der Waals surface area contributed by atoms with Crippen molar-refractivity contribution in [1.29, 1.82) is 0 Å². The van der Waals surface area contributed by atoms with Crippen LogP contribution in [0.1, 0.15) is 90.3 Å². The number of carbonyl (C=O) groups excluding carboxylic acids is 4. The van der Waals surface area contributed by atoms with Gasteiger partial charge < -0.3 is 43.7 Å². The van der Waals surface area contributed by atoms with Crippen LogP contribution in [-0.2, 0) is 22.5 Å². The molecule has 4 aliphatic rings. The van der Waals surface area contributed by atoms with E-state index >= 15 is 0 Å². The van der Waals surface area contributed by atoms with E-state index in [9.17, 15) is 29.4 Å². The number of unbranched alkanes of at least 4 members (excludes halogenated alkanes) is 2. The van der Waals surface area contributed by atoms with Crippen LogP contribution in [0, 0.1) is 6.92 Å². The summed E-state index contributed by atoms with van der Waals surface area (Å²) in [7, 11) is 1.46. The van der Waals surface area contributed by atoms with Crippen LogP contribution in [0.2, 0.25) is 0 Å². The van der Waals surface area contributed by atoms with Crippen LogP contribution in [0.5, 0.6) is 17.2 Å². The lowest BCUT2D eigenvalue weighted by molar-refractivity contribution is 0.0544. The highest BCUT2D eigenvalue weighted by Crippen LogP contribution is 2.43. The summed E-state index contributed by atoms with van der Waals surface area (Å²) >= 11 is 0. The molecular formula is C47H54N4O11. The molecule has 0 aliphatic carbocycles. The summed E-state index contributed by atoms with van der Waals surface area (Å²) in [5, 5.41) is 23.2. The summed E-state index contributed by atoms with van der Waals surface area (Å²) in [6.07, 6.45) is 4.00. The number of aliphatic hydroxyl groups is 2. The van der Waals surface area contributed by atoms with Crippen molar-refractivity contribution < 1.29 is 53.1 Å². The molecule has 0 saturated heterocycles. The van der Waals surface area contributed by atoms with Crippen molar-refractivity contribution in [3.8, 4) is 17.2 Å². The Morgan fingerprint density at radius 2 is 1.24 bits per heavy atom. The number of hydrogen-bond donors (Lipinski definition) is 2. The van der Waals surface area contributed by atoms with Crippen molar-refractivity contribution in [2.45, 2.75) is 97.4 Å². The molecule has 3 aromatic rings. The van der Waals surface area contributed by atoms with Gasteiger partial charge in [-0.05, 0) is 88.1 Å². The SMILES string of the molecule is C=CCOC(=O)N1c2cc(OCCCCCOc3cc4c(cc3OC)C(=O)N3C=C(C)C[C@H]3[C@H](O)N4C(=O)OCc3ccc(CC)cc3)c(C)cc2C(=O)N2C=C(C)C[C@H]2[C@@H]1O. The summed E-state index contributed by atoms with van der Waals surface area (Å²) in [5.74, 6) is 0.289. The summed E-state index contributed by atoms with van der Waals surface area (Å²) < 4.78 is 29.1. The van der Waals surface area contributed by atoms with Crippen molar-refractivity contribution in [3.63, 3.8) is 0 Å². The fraction of sp³-hybridized carbons (Fsp3) is 0.404. The van der Waals surface area contributed by atoms with Crippen molar-refractivity contribution in [1.82, 2.24) is 9.80 Å². The second-order valence-corrected chi connectivity index (χ2v) is 16.0. The minimum absolute atomic E-state index is 0.0288. The zero-order valence-electron chi connectivity index (χ0n) is 35.8. The van der Waals surface area contributed by atoms with Crippen molar-refractivity contribution in [2.75, 3.05) is 36.7 Å². The molecule has 4 heterocycles. The highest BCUT2D eigenvalue weighted by atomic mass is 16.6. The molecule has 328 valence electrons. The molecule has 3 aromatic carbocycles. The first-order valence-corrected chi connectivity index (χ1v) is 20.9. The predicted octanol–water partition coefficient (Wildman–Crippen LogP) is 7.37. The van der Waals surface area contributed by atoms with E-state index in [1.54, 1.807) is 24.5 Å². The average Bonchev–Trinajstić information content (AvgIpc) is 3.83. The van der Waals surface area contributed by atoms with Crippen LogP contribution in [0.4, 0.5) is 21.0 Å². The van der Waals surface area contributed by atoms with Gasteiger partial charge in [-0.25, -0.2) is 19.4 Å².